The molecule has 0 saturated carbocycles. The van der Waals surface area contributed by atoms with Gasteiger partial charge in [-0.2, -0.15) is 0 Å². The summed E-state index contributed by atoms with van der Waals surface area (Å²) in [6, 6.07) is 7.62. The summed E-state index contributed by atoms with van der Waals surface area (Å²) < 4.78 is 0. The lowest BCUT2D eigenvalue weighted by Crippen LogP contribution is -2.71. The largest absolute Gasteiger partial charge is 0.400 e. The summed E-state index contributed by atoms with van der Waals surface area (Å²) in [5, 5.41) is 1.90. The number of benzene rings is 1. The van der Waals surface area contributed by atoms with Gasteiger partial charge >= 0.3 is 0 Å². The molecule has 0 saturated heterocycles. The predicted molar refractivity (Wildman–Crippen MR) is 45.8 cm³/mol. The normalized spacial score (nSPS) is 10.5. The molecule has 0 radical (unpaired) electrons. The van der Waals surface area contributed by atoms with Crippen LogP contribution in [-0.2, 0) is 0 Å². The van der Waals surface area contributed by atoms with Crippen molar-refractivity contribution in [2.75, 3.05) is 5.73 Å². The lowest BCUT2D eigenvalue weighted by Gasteiger charge is -1.94. The van der Waals surface area contributed by atoms with Gasteiger partial charge in [-0.05, 0) is 12.1 Å². The maximum Gasteiger partial charge on any atom is 0.136 e. The Morgan fingerprint density at radius 2 is 2.18 bits per heavy atom. The molecule has 6 N–H and O–H groups in total. The summed E-state index contributed by atoms with van der Waals surface area (Å²) in [6.07, 6.45) is 3.26. The molecule has 0 bridgehead atoms. The molecule has 1 aromatic carbocycles. The van der Waals surface area contributed by atoms with E-state index < -0.39 is 0 Å². The minimum atomic E-state index is 0.768. The fourth-order valence-electron chi connectivity index (χ4n) is 0.829. The van der Waals surface area contributed by atoms with Crippen LogP contribution in [0.1, 0.15) is 0 Å². The van der Waals surface area contributed by atoms with Crippen LogP contribution in [0.3, 0.4) is 0 Å². The van der Waals surface area contributed by atoms with Crippen LogP contribution in [0, 0.1) is 0 Å². The SMILES string of the molecule is NC=C[NH2+]c1cccc(N)c1. The first-order chi connectivity index (χ1) is 5.33. The van der Waals surface area contributed by atoms with Crippen molar-refractivity contribution < 1.29 is 5.32 Å². The van der Waals surface area contributed by atoms with Gasteiger partial charge in [-0.3, -0.25) is 5.32 Å². The van der Waals surface area contributed by atoms with Crippen LogP contribution in [0.25, 0.3) is 0 Å². The lowest BCUT2D eigenvalue weighted by atomic mass is 10.3. The molecular weight excluding hydrogens is 138 g/mol. The highest BCUT2D eigenvalue weighted by molar-refractivity contribution is 5.46. The van der Waals surface area contributed by atoms with E-state index in [2.05, 4.69) is 0 Å². The number of rotatable bonds is 2. The first kappa shape index (κ1) is 7.63. The minimum absolute atomic E-state index is 0.768. The summed E-state index contributed by atoms with van der Waals surface area (Å²) in [6.45, 7) is 0. The first-order valence-electron chi connectivity index (χ1n) is 3.40. The third-order valence-corrected chi connectivity index (χ3v) is 1.31. The molecule has 0 atom stereocenters. The molecule has 3 nitrogen and oxygen atoms in total. The molecule has 58 valence electrons. The van der Waals surface area contributed by atoms with E-state index in [1.807, 2.05) is 29.6 Å². The molecule has 0 aliphatic heterocycles. The Morgan fingerprint density at radius 3 is 2.82 bits per heavy atom. The molecule has 0 unspecified atom stereocenters. The van der Waals surface area contributed by atoms with Crippen LogP contribution in [0.15, 0.2) is 36.7 Å². The van der Waals surface area contributed by atoms with Gasteiger partial charge in [-0.1, -0.05) is 6.07 Å². The van der Waals surface area contributed by atoms with Crippen LogP contribution < -0.4 is 16.8 Å². The van der Waals surface area contributed by atoms with Crippen molar-refractivity contribution in [1.82, 2.24) is 0 Å². The fraction of sp³-hybridized carbons (Fsp3) is 0. The van der Waals surface area contributed by atoms with Gasteiger partial charge in [-0.25, -0.2) is 0 Å². The van der Waals surface area contributed by atoms with E-state index in [1.54, 1.807) is 6.20 Å². The Hall–Kier alpha value is -1.48. The zero-order valence-electron chi connectivity index (χ0n) is 6.20. The van der Waals surface area contributed by atoms with E-state index in [0.717, 1.165) is 11.4 Å². The fourth-order valence-corrected chi connectivity index (χ4v) is 0.829. The van der Waals surface area contributed by atoms with Gasteiger partial charge in [0.05, 0.1) is 0 Å². The molecule has 0 spiro atoms. The molecule has 11 heavy (non-hydrogen) atoms. The number of quaternary nitrogens is 1. The molecule has 0 amide bonds. The van der Waals surface area contributed by atoms with E-state index >= 15 is 0 Å². The maximum absolute atomic E-state index is 5.55. The monoisotopic (exact) mass is 150 g/mol. The highest BCUT2D eigenvalue weighted by atomic mass is 14.8. The molecule has 0 aliphatic rings. The van der Waals surface area contributed by atoms with Crippen LogP contribution >= 0.6 is 0 Å². The van der Waals surface area contributed by atoms with Crippen molar-refractivity contribution in [3.05, 3.63) is 36.7 Å². The second-order valence-corrected chi connectivity index (χ2v) is 2.22. The van der Waals surface area contributed by atoms with Crippen molar-refractivity contribution in [3.63, 3.8) is 0 Å². The molecule has 1 rings (SSSR count). The number of hydrogen-bond acceptors (Lipinski definition) is 2. The Balaban J connectivity index is 2.71. The predicted octanol–water partition coefficient (Wildman–Crippen LogP) is -0.106. The van der Waals surface area contributed by atoms with Crippen molar-refractivity contribution in [2.45, 2.75) is 0 Å². The maximum atomic E-state index is 5.55. The van der Waals surface area contributed by atoms with Crippen LogP contribution in [0.5, 0.6) is 0 Å². The average Bonchev–Trinajstić information content (AvgIpc) is 2.01. The Morgan fingerprint density at radius 1 is 1.36 bits per heavy atom. The molecule has 0 heterocycles. The van der Waals surface area contributed by atoms with Gasteiger partial charge in [-0.15, -0.1) is 0 Å². The molecule has 0 aliphatic carbocycles. The Labute approximate surface area is 65.7 Å². The quantitative estimate of drug-likeness (QED) is 0.515. The minimum Gasteiger partial charge on any atom is -0.400 e. The van der Waals surface area contributed by atoms with Crippen molar-refractivity contribution >= 4 is 11.4 Å². The number of anilines is 1. The van der Waals surface area contributed by atoms with Crippen LogP contribution in [0.2, 0.25) is 0 Å². The van der Waals surface area contributed by atoms with E-state index in [-0.39, 0.29) is 0 Å². The summed E-state index contributed by atoms with van der Waals surface area (Å²) in [4.78, 5) is 0. The van der Waals surface area contributed by atoms with Gasteiger partial charge in [0.2, 0.25) is 0 Å². The average molecular weight is 150 g/mol. The summed E-state index contributed by atoms with van der Waals surface area (Å²) in [5.41, 5.74) is 12.6. The van der Waals surface area contributed by atoms with Crippen molar-refractivity contribution in [1.29, 1.82) is 0 Å². The summed E-state index contributed by atoms with van der Waals surface area (Å²) in [5.74, 6) is 0. The molecule has 0 fully saturated rings. The first-order valence-corrected chi connectivity index (χ1v) is 3.40. The lowest BCUT2D eigenvalue weighted by molar-refractivity contribution is -0.496. The summed E-state index contributed by atoms with van der Waals surface area (Å²) >= 11 is 0. The second-order valence-electron chi connectivity index (χ2n) is 2.22. The van der Waals surface area contributed by atoms with E-state index in [9.17, 15) is 0 Å². The van der Waals surface area contributed by atoms with Gasteiger partial charge in [0.25, 0.3) is 0 Å². The van der Waals surface area contributed by atoms with Gasteiger partial charge in [0.1, 0.15) is 11.9 Å². The van der Waals surface area contributed by atoms with E-state index in [1.165, 1.54) is 6.20 Å². The standard InChI is InChI=1S/C8H11N3/c9-4-5-11-8-3-1-2-7(10)6-8/h1-6,11H,9-10H2/p+1. The topological polar surface area (TPSA) is 68.6 Å². The van der Waals surface area contributed by atoms with Gasteiger partial charge in [0.15, 0.2) is 0 Å². The highest BCUT2D eigenvalue weighted by Gasteiger charge is 1.91. The zero-order valence-corrected chi connectivity index (χ0v) is 6.20. The zero-order chi connectivity index (χ0) is 8.10. The Kier molecular flexibility index (Phi) is 2.52. The van der Waals surface area contributed by atoms with Crippen LogP contribution in [0.4, 0.5) is 11.4 Å². The molecule has 0 aromatic heterocycles. The van der Waals surface area contributed by atoms with Crippen molar-refractivity contribution in [3.8, 4) is 0 Å². The van der Waals surface area contributed by atoms with Crippen molar-refractivity contribution in [2.24, 2.45) is 5.73 Å². The van der Waals surface area contributed by atoms with Gasteiger partial charge < -0.3 is 11.5 Å². The van der Waals surface area contributed by atoms with E-state index in [4.69, 9.17) is 11.5 Å². The number of nitrogen functional groups attached to an aromatic ring is 1. The Bertz CT molecular complexity index is 255. The molecule has 1 aromatic rings. The van der Waals surface area contributed by atoms with E-state index in [0.29, 0.717) is 0 Å². The number of hydrogen-bond donors (Lipinski definition) is 3. The number of nitrogens with two attached hydrogens (primary N) is 3. The second kappa shape index (κ2) is 3.63. The van der Waals surface area contributed by atoms with Gasteiger partial charge in [0, 0.05) is 18.0 Å². The third-order valence-electron chi connectivity index (χ3n) is 1.31. The molecule has 3 heteroatoms. The smallest absolute Gasteiger partial charge is 0.136 e. The summed E-state index contributed by atoms with van der Waals surface area (Å²) in [7, 11) is 0. The highest BCUT2D eigenvalue weighted by Crippen LogP contribution is 2.05. The van der Waals surface area contributed by atoms with Crippen LogP contribution in [-0.4, -0.2) is 0 Å². The third kappa shape index (κ3) is 2.31. The molecular formula is C8H12N3+.